The molecule has 0 aromatic heterocycles. The number of rotatable bonds is 1. The molecule has 1 aliphatic rings. The second kappa shape index (κ2) is 9.21. The molecule has 2 heteroatoms. The SMILES string of the molecule is [CH2-]C[C-]1CC1.[CH3-].[Y].[Y]. The first kappa shape index (κ1) is 16.7. The fraction of sp³-hybridized carbons (Fsp3) is 0.500. The van der Waals surface area contributed by atoms with Gasteiger partial charge in [0.15, 0.2) is 0 Å². The number of hydrogen-bond donors (Lipinski definition) is 0. The van der Waals surface area contributed by atoms with Crippen LogP contribution in [0.5, 0.6) is 0 Å². The van der Waals surface area contributed by atoms with Gasteiger partial charge >= 0.3 is 0 Å². The first-order chi connectivity index (χ1) is 2.43. The van der Waals surface area contributed by atoms with E-state index < -0.39 is 0 Å². The first-order valence-corrected chi connectivity index (χ1v) is 2.06. The van der Waals surface area contributed by atoms with Crippen molar-refractivity contribution in [3.8, 4) is 0 Å². The molecule has 0 saturated heterocycles. The van der Waals surface area contributed by atoms with Gasteiger partial charge in [-0.1, -0.05) is 0 Å². The van der Waals surface area contributed by atoms with E-state index in [1.165, 1.54) is 12.8 Å². The predicted octanol–water partition coefficient (Wildman–Crippen LogP) is 2.02. The van der Waals surface area contributed by atoms with Crippen LogP contribution < -0.4 is 0 Å². The molecule has 1 rings (SSSR count). The van der Waals surface area contributed by atoms with Gasteiger partial charge in [-0.2, -0.15) is 0 Å². The Morgan fingerprint density at radius 1 is 1.25 bits per heavy atom. The third-order valence-corrected chi connectivity index (χ3v) is 0.957. The van der Waals surface area contributed by atoms with Crippen LogP contribution in [0.25, 0.3) is 0 Å². The topological polar surface area (TPSA) is 0 Å². The maximum Gasteiger partial charge on any atom is 0 e. The fourth-order valence-corrected chi connectivity index (χ4v) is 0.338. The first-order valence-electron chi connectivity index (χ1n) is 2.06. The molecule has 0 bridgehead atoms. The summed E-state index contributed by atoms with van der Waals surface area (Å²) in [6.07, 6.45) is 3.81. The third kappa shape index (κ3) is 8.21. The summed E-state index contributed by atoms with van der Waals surface area (Å²) in [4.78, 5) is 0. The Hall–Kier alpha value is 2.21. The van der Waals surface area contributed by atoms with Crippen LogP contribution in [0.15, 0.2) is 0 Å². The summed E-state index contributed by atoms with van der Waals surface area (Å²) in [5, 5.41) is 0. The van der Waals surface area contributed by atoms with Gasteiger partial charge in [0.1, 0.15) is 0 Å². The molecule has 0 N–H and O–H groups in total. The van der Waals surface area contributed by atoms with Crippen molar-refractivity contribution < 1.29 is 65.4 Å². The quantitative estimate of drug-likeness (QED) is 0.633. The zero-order valence-electron chi connectivity index (χ0n) is 5.48. The molecule has 0 atom stereocenters. The average Bonchev–Trinajstić information content (AvgIpc) is 2.12. The van der Waals surface area contributed by atoms with Gasteiger partial charge in [-0.3, -0.25) is 0 Å². The summed E-state index contributed by atoms with van der Waals surface area (Å²) in [6, 6.07) is 0. The van der Waals surface area contributed by atoms with Crippen molar-refractivity contribution in [3.63, 3.8) is 0 Å². The van der Waals surface area contributed by atoms with Crippen LogP contribution in [0.2, 0.25) is 0 Å². The van der Waals surface area contributed by atoms with E-state index in [4.69, 9.17) is 0 Å². The van der Waals surface area contributed by atoms with Gasteiger partial charge in [0.05, 0.1) is 0 Å². The summed E-state index contributed by atoms with van der Waals surface area (Å²) in [7, 11) is 0. The minimum absolute atomic E-state index is 0. The van der Waals surface area contributed by atoms with E-state index in [1.807, 2.05) is 0 Å². The summed E-state index contributed by atoms with van der Waals surface area (Å²) >= 11 is 0. The molecular weight excluding hydrogens is 250 g/mol. The van der Waals surface area contributed by atoms with Crippen molar-refractivity contribution in [1.29, 1.82) is 0 Å². The zero-order valence-corrected chi connectivity index (χ0v) is 11.2. The van der Waals surface area contributed by atoms with E-state index in [1.54, 1.807) is 5.92 Å². The summed E-state index contributed by atoms with van der Waals surface area (Å²) in [5.41, 5.74) is 0. The molecule has 1 fully saturated rings. The minimum atomic E-state index is 0. The van der Waals surface area contributed by atoms with Gasteiger partial charge in [0.2, 0.25) is 0 Å². The largest absolute Gasteiger partial charge is 0.372 e. The van der Waals surface area contributed by atoms with Gasteiger partial charge in [-0.15, -0.1) is 0 Å². The predicted molar refractivity (Wildman–Crippen MR) is 28.9 cm³/mol. The van der Waals surface area contributed by atoms with Crippen molar-refractivity contribution in [1.82, 2.24) is 0 Å². The Labute approximate surface area is 103 Å². The molecule has 8 heavy (non-hydrogen) atoms. The minimum Gasteiger partial charge on any atom is -0.372 e. The zero-order chi connectivity index (χ0) is 3.70. The Kier molecular flexibility index (Phi) is 19.2. The van der Waals surface area contributed by atoms with Crippen molar-refractivity contribution in [3.05, 3.63) is 20.3 Å². The van der Waals surface area contributed by atoms with Crippen LogP contribution in [0.4, 0.5) is 0 Å². The van der Waals surface area contributed by atoms with Gasteiger partial charge in [0, 0.05) is 65.4 Å². The molecule has 0 aromatic carbocycles. The van der Waals surface area contributed by atoms with E-state index in [0.717, 1.165) is 6.42 Å². The average molecular weight is 261 g/mol. The van der Waals surface area contributed by atoms with Gasteiger partial charge in [-0.05, 0) is 0 Å². The summed E-state index contributed by atoms with van der Waals surface area (Å²) in [5.74, 6) is 1.64. The van der Waals surface area contributed by atoms with Crippen LogP contribution in [-0.4, -0.2) is 0 Å². The van der Waals surface area contributed by atoms with Crippen molar-refractivity contribution in [2.75, 3.05) is 0 Å². The van der Waals surface area contributed by atoms with Gasteiger partial charge in [-0.25, -0.2) is 12.8 Å². The number of hydrogen-bond acceptors (Lipinski definition) is 0. The fourth-order valence-electron chi connectivity index (χ4n) is 0.338. The normalized spacial score (nSPS) is 14.6. The maximum atomic E-state index is 3.71. The monoisotopic (exact) mass is 261 g/mol. The molecule has 0 aliphatic heterocycles. The molecule has 0 amide bonds. The van der Waals surface area contributed by atoms with Crippen LogP contribution in [-0.2, 0) is 65.4 Å². The smallest absolute Gasteiger partial charge is 0 e. The van der Waals surface area contributed by atoms with E-state index in [0.29, 0.717) is 0 Å². The molecule has 0 heterocycles. The molecule has 1 saturated carbocycles. The summed E-state index contributed by atoms with van der Waals surface area (Å²) < 4.78 is 0. The Morgan fingerprint density at radius 2 is 1.62 bits per heavy atom. The van der Waals surface area contributed by atoms with E-state index in [-0.39, 0.29) is 72.8 Å². The molecule has 44 valence electrons. The van der Waals surface area contributed by atoms with E-state index in [2.05, 4.69) is 6.92 Å². The van der Waals surface area contributed by atoms with E-state index in [9.17, 15) is 0 Å². The Balaban J connectivity index is -0.0000000833. The second-order valence-electron chi connectivity index (χ2n) is 1.50. The molecule has 2 radical (unpaired) electrons. The van der Waals surface area contributed by atoms with Crippen molar-refractivity contribution >= 4 is 0 Å². The maximum absolute atomic E-state index is 3.71. The molecule has 0 spiro atoms. The van der Waals surface area contributed by atoms with Crippen LogP contribution in [0, 0.1) is 20.3 Å². The Morgan fingerprint density at radius 3 is 1.62 bits per heavy atom. The van der Waals surface area contributed by atoms with Crippen molar-refractivity contribution in [2.24, 2.45) is 0 Å². The molecule has 0 nitrogen and oxygen atoms in total. The van der Waals surface area contributed by atoms with Crippen LogP contribution in [0.3, 0.4) is 0 Å². The summed E-state index contributed by atoms with van der Waals surface area (Å²) in [6.45, 7) is 3.71. The van der Waals surface area contributed by atoms with Crippen LogP contribution >= 0.6 is 0 Å². The van der Waals surface area contributed by atoms with E-state index >= 15 is 0 Å². The standard InChI is InChI=1S/C5H8.CH3.2Y/c1-2-5-3-4-5;;;/h1-4H2;1H3;;/q-2;-1;;. The molecular formula is C6H11Y2-3. The second-order valence-corrected chi connectivity index (χ2v) is 1.50. The Bertz CT molecular complexity index is 33.5. The van der Waals surface area contributed by atoms with Crippen molar-refractivity contribution in [2.45, 2.75) is 19.3 Å². The van der Waals surface area contributed by atoms with Gasteiger partial charge < -0.3 is 26.7 Å². The molecule has 0 aromatic rings. The van der Waals surface area contributed by atoms with Crippen LogP contribution in [0.1, 0.15) is 19.3 Å². The molecule has 1 aliphatic carbocycles. The third-order valence-electron chi connectivity index (χ3n) is 0.957. The molecule has 0 unspecified atom stereocenters. The van der Waals surface area contributed by atoms with Gasteiger partial charge in [0.25, 0.3) is 0 Å².